The van der Waals surface area contributed by atoms with E-state index in [2.05, 4.69) is 185 Å². The molecule has 2 aliphatic rings. The summed E-state index contributed by atoms with van der Waals surface area (Å²) in [6.45, 7) is 0.277. The molecule has 0 amide bonds. The highest BCUT2D eigenvalue weighted by Gasteiger charge is 2.39. The molecule has 190 valence electrons. The first-order valence-corrected chi connectivity index (χ1v) is 16.3. The molecule has 0 aromatic heterocycles. The van der Waals surface area contributed by atoms with Crippen molar-refractivity contribution in [3.63, 3.8) is 0 Å². The lowest BCUT2D eigenvalue weighted by Gasteiger charge is -2.20. The molecule has 0 saturated heterocycles. The minimum absolute atomic E-state index is 0.138. The van der Waals surface area contributed by atoms with Gasteiger partial charge in [0.2, 0.25) is 13.4 Å². The molecule has 2 heterocycles. The smallest absolute Gasteiger partial charge is 0.0685 e. The summed E-state index contributed by atoms with van der Waals surface area (Å²) in [6.07, 6.45) is 0. The third-order valence-corrected chi connectivity index (χ3v) is 11.0. The van der Waals surface area contributed by atoms with Crippen LogP contribution in [0.1, 0.15) is 22.3 Å². The lowest BCUT2D eigenvalue weighted by atomic mass is 9.37. The molecule has 40 heavy (non-hydrogen) atoms. The summed E-state index contributed by atoms with van der Waals surface area (Å²) in [4.78, 5) is 0. The SMILES string of the molecule is BrC1=C(c2cc(Br)c(C3=C(Br)c4ccccc4B3c3ccccc3)cc2Br)B(c2ccccc2)c2ccccc21. The van der Waals surface area contributed by atoms with Gasteiger partial charge in [-0.05, 0) is 45.3 Å². The summed E-state index contributed by atoms with van der Waals surface area (Å²) >= 11 is 16.1. The second kappa shape index (κ2) is 10.8. The van der Waals surface area contributed by atoms with Crippen molar-refractivity contribution in [3.8, 4) is 0 Å². The van der Waals surface area contributed by atoms with Crippen molar-refractivity contribution >= 4 is 119 Å². The summed E-state index contributed by atoms with van der Waals surface area (Å²) in [6, 6.07) is 43.6. The van der Waals surface area contributed by atoms with Crippen LogP contribution in [0.2, 0.25) is 0 Å². The van der Waals surface area contributed by atoms with E-state index >= 15 is 0 Å². The molecule has 0 bridgehead atoms. The number of benzene rings is 5. The van der Waals surface area contributed by atoms with Crippen molar-refractivity contribution in [1.82, 2.24) is 0 Å². The Bertz CT molecular complexity index is 1710. The summed E-state index contributed by atoms with van der Waals surface area (Å²) < 4.78 is 4.44. The molecular formula is C34H20B2Br4. The predicted molar refractivity (Wildman–Crippen MR) is 189 cm³/mol. The van der Waals surface area contributed by atoms with E-state index in [1.807, 2.05) is 0 Å². The maximum atomic E-state index is 4.03. The maximum Gasteiger partial charge on any atom is 0.244 e. The van der Waals surface area contributed by atoms with Crippen LogP contribution in [0.15, 0.2) is 130 Å². The van der Waals surface area contributed by atoms with Crippen LogP contribution in [0.5, 0.6) is 0 Å². The molecule has 0 nitrogen and oxygen atoms in total. The van der Waals surface area contributed by atoms with Crippen LogP contribution >= 0.6 is 63.7 Å². The van der Waals surface area contributed by atoms with E-state index in [1.165, 1.54) is 55.0 Å². The fraction of sp³-hybridized carbons (Fsp3) is 0. The van der Waals surface area contributed by atoms with Gasteiger partial charge in [-0.1, -0.05) is 195 Å². The average Bonchev–Trinajstić information content (AvgIpc) is 3.46. The number of halogens is 4. The van der Waals surface area contributed by atoms with Crippen molar-refractivity contribution in [1.29, 1.82) is 0 Å². The molecule has 5 aromatic carbocycles. The normalized spacial score (nSPS) is 14.2. The van der Waals surface area contributed by atoms with Gasteiger partial charge in [0, 0.05) is 17.9 Å². The van der Waals surface area contributed by atoms with Crippen molar-refractivity contribution < 1.29 is 0 Å². The number of hydrogen-bond acceptors (Lipinski definition) is 0. The lowest BCUT2D eigenvalue weighted by molar-refractivity contribution is 1.51. The first-order valence-electron chi connectivity index (χ1n) is 13.1. The van der Waals surface area contributed by atoms with E-state index in [1.54, 1.807) is 0 Å². The van der Waals surface area contributed by atoms with Gasteiger partial charge in [0.25, 0.3) is 0 Å². The summed E-state index contributed by atoms with van der Waals surface area (Å²) in [5, 5.41) is 0. The second-order valence-electron chi connectivity index (χ2n) is 10.1. The zero-order valence-corrected chi connectivity index (χ0v) is 27.6. The van der Waals surface area contributed by atoms with E-state index in [4.69, 9.17) is 0 Å². The number of hydrogen-bond donors (Lipinski definition) is 0. The first-order chi connectivity index (χ1) is 19.5. The van der Waals surface area contributed by atoms with Gasteiger partial charge in [-0.25, -0.2) is 0 Å². The van der Waals surface area contributed by atoms with Crippen LogP contribution in [0.4, 0.5) is 0 Å². The van der Waals surface area contributed by atoms with Crippen LogP contribution in [0.3, 0.4) is 0 Å². The van der Waals surface area contributed by atoms with Gasteiger partial charge >= 0.3 is 0 Å². The van der Waals surface area contributed by atoms with Gasteiger partial charge < -0.3 is 0 Å². The van der Waals surface area contributed by atoms with E-state index in [9.17, 15) is 0 Å². The zero-order valence-electron chi connectivity index (χ0n) is 21.2. The third kappa shape index (κ3) is 4.30. The Kier molecular flexibility index (Phi) is 7.16. The molecule has 0 atom stereocenters. The van der Waals surface area contributed by atoms with Crippen LogP contribution in [0, 0.1) is 0 Å². The molecule has 0 saturated carbocycles. The molecule has 5 aromatic rings. The highest BCUT2D eigenvalue weighted by atomic mass is 79.9. The van der Waals surface area contributed by atoms with Crippen LogP contribution < -0.4 is 21.9 Å². The fourth-order valence-corrected chi connectivity index (χ4v) is 8.96. The van der Waals surface area contributed by atoms with E-state index in [0.29, 0.717) is 0 Å². The number of rotatable bonds is 4. The van der Waals surface area contributed by atoms with E-state index in [-0.39, 0.29) is 13.4 Å². The topological polar surface area (TPSA) is 0 Å². The Balaban J connectivity index is 1.40. The largest absolute Gasteiger partial charge is 0.244 e. The molecule has 0 radical (unpaired) electrons. The molecular weight excluding hydrogens is 750 g/mol. The minimum atomic E-state index is 0.138. The quantitative estimate of drug-likeness (QED) is 0.163. The van der Waals surface area contributed by atoms with Crippen LogP contribution in [0.25, 0.3) is 19.9 Å². The monoisotopic (exact) mass is 766 g/mol. The molecule has 7 rings (SSSR count). The summed E-state index contributed by atoms with van der Waals surface area (Å²) in [5.41, 5.74) is 12.6. The molecule has 0 spiro atoms. The second-order valence-corrected chi connectivity index (χ2v) is 13.4. The Morgan fingerprint density at radius 3 is 1.12 bits per heavy atom. The third-order valence-electron chi connectivity index (χ3n) is 7.97. The van der Waals surface area contributed by atoms with Crippen molar-refractivity contribution in [2.24, 2.45) is 0 Å². The molecule has 0 unspecified atom stereocenters. The highest BCUT2D eigenvalue weighted by Crippen LogP contribution is 2.45. The predicted octanol–water partition coefficient (Wildman–Crippen LogP) is 8.06. The molecule has 0 aliphatic carbocycles. The maximum absolute atomic E-state index is 4.03. The standard InChI is InChI=1S/C34H20B2Br4/c37-29-20-26(32-34(40)24-16-8-10-18-28(24)36(32)22-13-5-2-6-14-22)30(38)19-25(29)31-33(39)23-15-7-9-17-27(23)35(31)21-11-3-1-4-12-21/h1-20H. The van der Waals surface area contributed by atoms with Gasteiger partial charge in [0.1, 0.15) is 0 Å². The van der Waals surface area contributed by atoms with Gasteiger partial charge in [0.05, 0.1) is 0 Å². The van der Waals surface area contributed by atoms with Crippen molar-refractivity contribution in [3.05, 3.63) is 153 Å². The number of fused-ring (bicyclic) bond motifs is 2. The average molecular weight is 770 g/mol. The first kappa shape index (κ1) is 26.5. The highest BCUT2D eigenvalue weighted by molar-refractivity contribution is 9.15. The summed E-state index contributed by atoms with van der Waals surface area (Å²) in [7, 11) is 0. The molecule has 6 heteroatoms. The Morgan fingerprint density at radius 1 is 0.375 bits per heavy atom. The molecule has 0 N–H and O–H groups in total. The Hall–Kier alpha value is -2.37. The van der Waals surface area contributed by atoms with Crippen molar-refractivity contribution in [2.45, 2.75) is 0 Å². The van der Waals surface area contributed by atoms with Gasteiger partial charge in [0.15, 0.2) is 0 Å². The molecule has 0 fully saturated rings. The lowest BCUT2D eigenvalue weighted by Crippen LogP contribution is -2.42. The Morgan fingerprint density at radius 2 is 0.725 bits per heavy atom. The van der Waals surface area contributed by atoms with Gasteiger partial charge in [-0.3, -0.25) is 0 Å². The van der Waals surface area contributed by atoms with E-state index < -0.39 is 0 Å². The van der Waals surface area contributed by atoms with E-state index in [0.717, 1.165) is 17.9 Å². The molecule has 2 aliphatic heterocycles. The minimum Gasteiger partial charge on any atom is -0.0685 e. The summed E-state index contributed by atoms with van der Waals surface area (Å²) in [5.74, 6) is 0. The fourth-order valence-electron chi connectivity index (χ4n) is 6.24. The Labute approximate surface area is 269 Å². The van der Waals surface area contributed by atoms with Crippen LogP contribution in [-0.4, -0.2) is 13.4 Å². The van der Waals surface area contributed by atoms with Gasteiger partial charge in [-0.15, -0.1) is 0 Å². The van der Waals surface area contributed by atoms with Crippen molar-refractivity contribution in [2.75, 3.05) is 0 Å². The van der Waals surface area contributed by atoms with Crippen LogP contribution in [-0.2, 0) is 0 Å². The van der Waals surface area contributed by atoms with Gasteiger partial charge in [-0.2, -0.15) is 0 Å². The zero-order chi connectivity index (χ0) is 27.4.